The van der Waals surface area contributed by atoms with Crippen LogP contribution >= 0.6 is 0 Å². The maximum absolute atomic E-state index is 12.4. The van der Waals surface area contributed by atoms with Gasteiger partial charge in [-0.25, -0.2) is 9.97 Å². The Kier molecular flexibility index (Phi) is 5.32. The molecule has 0 atom stereocenters. The van der Waals surface area contributed by atoms with Crippen LogP contribution in [0, 0.1) is 0 Å². The van der Waals surface area contributed by atoms with Crippen molar-refractivity contribution in [3.63, 3.8) is 0 Å². The highest BCUT2D eigenvalue weighted by Gasteiger charge is 2.24. The molecule has 144 valence electrons. The van der Waals surface area contributed by atoms with E-state index in [0.717, 1.165) is 36.5 Å². The van der Waals surface area contributed by atoms with Crippen LogP contribution in [0.1, 0.15) is 35.8 Å². The van der Waals surface area contributed by atoms with Gasteiger partial charge in [0.05, 0.1) is 11.8 Å². The van der Waals surface area contributed by atoms with Crippen LogP contribution in [0.3, 0.4) is 0 Å². The number of hydrogen-bond acceptors (Lipinski definition) is 6. The number of carbonyl (C=O) groups is 1. The lowest BCUT2D eigenvalue weighted by Crippen LogP contribution is -2.42. The van der Waals surface area contributed by atoms with Gasteiger partial charge >= 0.3 is 0 Å². The van der Waals surface area contributed by atoms with Crippen molar-refractivity contribution in [1.82, 2.24) is 19.9 Å². The lowest BCUT2D eigenvalue weighted by Gasteiger charge is -2.32. The van der Waals surface area contributed by atoms with Gasteiger partial charge in [0.2, 0.25) is 0 Å². The van der Waals surface area contributed by atoms with Crippen LogP contribution in [0.5, 0.6) is 0 Å². The highest BCUT2D eigenvalue weighted by atomic mass is 16.3. The fourth-order valence-corrected chi connectivity index (χ4v) is 3.37. The largest absolute Gasteiger partial charge is 0.472 e. The van der Waals surface area contributed by atoms with Gasteiger partial charge < -0.3 is 14.6 Å². The second-order valence-corrected chi connectivity index (χ2v) is 6.86. The molecule has 0 bridgehead atoms. The van der Waals surface area contributed by atoms with Crippen molar-refractivity contribution in [2.45, 2.75) is 32.2 Å². The van der Waals surface area contributed by atoms with E-state index in [1.165, 1.54) is 12.5 Å². The molecule has 0 unspecified atom stereocenters. The summed E-state index contributed by atoms with van der Waals surface area (Å²) >= 11 is 0. The van der Waals surface area contributed by atoms with E-state index in [1.807, 2.05) is 29.2 Å². The van der Waals surface area contributed by atoms with Crippen molar-refractivity contribution in [2.24, 2.45) is 0 Å². The van der Waals surface area contributed by atoms with Crippen molar-refractivity contribution >= 4 is 11.7 Å². The number of furan rings is 1. The van der Waals surface area contributed by atoms with E-state index in [-0.39, 0.29) is 11.9 Å². The van der Waals surface area contributed by atoms with Crippen LogP contribution in [0.4, 0.5) is 5.82 Å². The Bertz CT molecular complexity index is 919. The first-order valence-electron chi connectivity index (χ1n) is 9.60. The van der Waals surface area contributed by atoms with Gasteiger partial charge in [-0.15, -0.1) is 0 Å². The summed E-state index contributed by atoms with van der Waals surface area (Å²) in [4.78, 5) is 27.9. The average Bonchev–Trinajstić information content (AvgIpc) is 3.29. The van der Waals surface area contributed by atoms with Gasteiger partial charge in [0.25, 0.3) is 5.91 Å². The normalized spacial score (nSPS) is 14.8. The minimum absolute atomic E-state index is 0.0277. The predicted octanol–water partition coefficient (Wildman–Crippen LogP) is 3.41. The zero-order valence-electron chi connectivity index (χ0n) is 15.8. The number of anilines is 1. The summed E-state index contributed by atoms with van der Waals surface area (Å²) < 4.78 is 5.02. The molecule has 1 saturated heterocycles. The summed E-state index contributed by atoms with van der Waals surface area (Å²) in [6, 6.07) is 9.70. The van der Waals surface area contributed by atoms with Gasteiger partial charge in [0.15, 0.2) is 5.82 Å². The van der Waals surface area contributed by atoms with Crippen LogP contribution in [0.2, 0.25) is 0 Å². The highest BCUT2D eigenvalue weighted by Crippen LogP contribution is 2.20. The molecule has 3 aromatic heterocycles. The standard InChI is InChI=1S/C21H23N5O2/c1-2-16-13-19(25-20(24-16)18-5-3-4-9-22-18)23-17-6-10-26(11-7-17)21(27)15-8-12-28-14-15/h3-5,8-9,12-14,17H,2,6-7,10-11H2,1H3,(H,23,24,25). The molecule has 0 saturated carbocycles. The second-order valence-electron chi connectivity index (χ2n) is 6.86. The Morgan fingerprint density at radius 3 is 2.79 bits per heavy atom. The fourth-order valence-electron chi connectivity index (χ4n) is 3.37. The quantitative estimate of drug-likeness (QED) is 0.733. The van der Waals surface area contributed by atoms with Crippen LogP contribution in [0.15, 0.2) is 53.5 Å². The lowest BCUT2D eigenvalue weighted by atomic mass is 10.0. The van der Waals surface area contributed by atoms with Crippen LogP contribution < -0.4 is 5.32 Å². The van der Waals surface area contributed by atoms with Crippen LogP contribution in [-0.2, 0) is 6.42 Å². The summed E-state index contributed by atoms with van der Waals surface area (Å²) in [6.45, 7) is 3.50. The topological polar surface area (TPSA) is 84.2 Å². The van der Waals surface area contributed by atoms with Gasteiger partial charge in [-0.2, -0.15) is 0 Å². The molecular weight excluding hydrogens is 354 g/mol. The zero-order valence-corrected chi connectivity index (χ0v) is 15.8. The van der Waals surface area contributed by atoms with E-state index in [4.69, 9.17) is 4.42 Å². The van der Waals surface area contributed by atoms with E-state index in [9.17, 15) is 4.79 Å². The molecule has 0 aromatic carbocycles. The Balaban J connectivity index is 1.43. The molecule has 7 heteroatoms. The number of rotatable bonds is 5. The second kappa shape index (κ2) is 8.21. The van der Waals surface area contributed by atoms with Crippen molar-refractivity contribution in [2.75, 3.05) is 18.4 Å². The van der Waals surface area contributed by atoms with Crippen molar-refractivity contribution in [1.29, 1.82) is 0 Å². The highest BCUT2D eigenvalue weighted by molar-refractivity contribution is 5.93. The number of likely N-dealkylation sites (tertiary alicyclic amines) is 1. The minimum atomic E-state index is 0.0277. The van der Waals surface area contributed by atoms with E-state index < -0.39 is 0 Å². The molecule has 0 spiro atoms. The van der Waals surface area contributed by atoms with Gasteiger partial charge in [-0.05, 0) is 37.5 Å². The monoisotopic (exact) mass is 377 g/mol. The van der Waals surface area contributed by atoms with E-state index in [0.29, 0.717) is 24.5 Å². The first-order chi connectivity index (χ1) is 13.7. The van der Waals surface area contributed by atoms with E-state index in [2.05, 4.69) is 27.2 Å². The number of amides is 1. The summed E-state index contributed by atoms with van der Waals surface area (Å²) in [5.41, 5.74) is 2.35. The molecule has 7 nitrogen and oxygen atoms in total. The first-order valence-corrected chi connectivity index (χ1v) is 9.60. The smallest absolute Gasteiger partial charge is 0.257 e. The molecule has 0 radical (unpaired) electrons. The third-order valence-electron chi connectivity index (χ3n) is 4.94. The Hall–Kier alpha value is -3.22. The average molecular weight is 377 g/mol. The summed E-state index contributed by atoms with van der Waals surface area (Å²) in [5.74, 6) is 1.47. The Labute approximate surface area is 163 Å². The van der Waals surface area contributed by atoms with E-state index >= 15 is 0 Å². The number of pyridine rings is 1. The van der Waals surface area contributed by atoms with Crippen LogP contribution in [-0.4, -0.2) is 44.9 Å². The van der Waals surface area contributed by atoms with Crippen molar-refractivity contribution < 1.29 is 9.21 Å². The molecule has 1 amide bonds. The molecule has 4 heterocycles. The molecule has 1 aliphatic heterocycles. The SMILES string of the molecule is CCc1cc(NC2CCN(C(=O)c3ccoc3)CC2)nc(-c2ccccn2)n1. The van der Waals surface area contributed by atoms with Gasteiger partial charge in [-0.1, -0.05) is 13.0 Å². The Morgan fingerprint density at radius 2 is 2.11 bits per heavy atom. The molecule has 1 fully saturated rings. The third kappa shape index (κ3) is 4.03. The lowest BCUT2D eigenvalue weighted by molar-refractivity contribution is 0.0717. The molecule has 0 aliphatic carbocycles. The number of piperidine rings is 1. The Morgan fingerprint density at radius 1 is 1.25 bits per heavy atom. The van der Waals surface area contributed by atoms with Crippen LogP contribution in [0.25, 0.3) is 11.5 Å². The number of aryl methyl sites for hydroxylation is 1. The zero-order chi connectivity index (χ0) is 19.3. The number of aromatic nitrogens is 3. The number of hydrogen-bond donors (Lipinski definition) is 1. The molecule has 1 N–H and O–H groups in total. The van der Waals surface area contributed by atoms with Crippen molar-refractivity contribution in [3.8, 4) is 11.5 Å². The summed E-state index contributed by atoms with van der Waals surface area (Å²) in [6.07, 6.45) is 7.34. The number of nitrogens with zero attached hydrogens (tertiary/aromatic N) is 4. The maximum Gasteiger partial charge on any atom is 0.257 e. The van der Waals surface area contributed by atoms with Gasteiger partial charge in [0, 0.05) is 37.1 Å². The first kappa shape index (κ1) is 18.2. The molecule has 1 aliphatic rings. The molecular formula is C21H23N5O2. The van der Waals surface area contributed by atoms with E-state index in [1.54, 1.807) is 12.3 Å². The van der Waals surface area contributed by atoms with Crippen molar-refractivity contribution in [3.05, 3.63) is 60.3 Å². The number of carbonyl (C=O) groups excluding carboxylic acids is 1. The fraction of sp³-hybridized carbons (Fsp3) is 0.333. The van der Waals surface area contributed by atoms with Gasteiger partial charge in [-0.3, -0.25) is 9.78 Å². The molecule has 28 heavy (non-hydrogen) atoms. The predicted molar refractivity (Wildman–Crippen MR) is 106 cm³/mol. The molecule has 3 aromatic rings. The maximum atomic E-state index is 12.4. The summed E-state index contributed by atoms with van der Waals surface area (Å²) in [7, 11) is 0. The summed E-state index contributed by atoms with van der Waals surface area (Å²) in [5, 5.41) is 3.52. The van der Waals surface area contributed by atoms with Gasteiger partial charge in [0.1, 0.15) is 17.8 Å². The third-order valence-corrected chi connectivity index (χ3v) is 4.94. The minimum Gasteiger partial charge on any atom is -0.472 e. The number of nitrogens with one attached hydrogen (secondary N) is 1. The molecule has 4 rings (SSSR count).